The molecule has 5 N–H and O–H groups in total. The molecule has 5 rings (SSSR count). The van der Waals surface area contributed by atoms with Crippen LogP contribution in [0.2, 0.25) is 0 Å². The van der Waals surface area contributed by atoms with E-state index in [2.05, 4.69) is 14.9 Å². The van der Waals surface area contributed by atoms with Crippen LogP contribution < -0.4 is 20.5 Å². The molecule has 0 bridgehead atoms. The van der Waals surface area contributed by atoms with Crippen LogP contribution in [0.4, 0.5) is 21.5 Å². The Morgan fingerprint density at radius 1 is 1.08 bits per heavy atom. The summed E-state index contributed by atoms with van der Waals surface area (Å²) < 4.78 is 48.5. The summed E-state index contributed by atoms with van der Waals surface area (Å²) in [6, 6.07) is 23.2. The molecular weight excluding hydrogens is 662 g/mol. The Hall–Kier alpha value is -4.98. The molecule has 11 nitrogen and oxygen atoms in total. The highest BCUT2D eigenvalue weighted by molar-refractivity contribution is 7.92. The molecular formula is C37H42FN5O6S. The minimum absolute atomic E-state index is 0.0716. The number of benzene rings is 4. The number of halogens is 1. The Bertz CT molecular complexity index is 1920. The fourth-order valence-corrected chi connectivity index (χ4v) is 6.84. The SMILES string of the molecule is C[C@H]1CN([C@@H](C)CO)C(=O)Cc2cc(NS(=O)(=O)c3ccc(F)cc3)ccc2O[C@H]1CN(C)Cc1ccc(C(=O)Nc2ccccc2N)cc1. The highest BCUT2D eigenvalue weighted by atomic mass is 32.2. The highest BCUT2D eigenvalue weighted by Crippen LogP contribution is 2.30. The van der Waals surface area contributed by atoms with Gasteiger partial charge >= 0.3 is 0 Å². The molecule has 0 spiro atoms. The molecule has 50 heavy (non-hydrogen) atoms. The third-order valence-corrected chi connectivity index (χ3v) is 10.1. The number of aliphatic hydroxyl groups is 1. The third kappa shape index (κ3) is 8.97. The summed E-state index contributed by atoms with van der Waals surface area (Å²) in [5, 5.41) is 12.8. The number of rotatable bonds is 11. The number of nitrogens with two attached hydrogens (primary N) is 1. The van der Waals surface area contributed by atoms with Crippen LogP contribution in [0.15, 0.2) is 95.9 Å². The number of carbonyl (C=O) groups excluding carboxylic acids is 2. The van der Waals surface area contributed by atoms with Gasteiger partial charge in [-0.2, -0.15) is 0 Å². The second-order valence-corrected chi connectivity index (χ2v) is 14.4. The largest absolute Gasteiger partial charge is 0.488 e. The Morgan fingerprint density at radius 2 is 1.78 bits per heavy atom. The number of hydrogen-bond acceptors (Lipinski definition) is 8. The van der Waals surface area contributed by atoms with Crippen molar-refractivity contribution < 1.29 is 32.2 Å². The maximum Gasteiger partial charge on any atom is 0.261 e. The number of para-hydroxylation sites is 2. The van der Waals surface area contributed by atoms with Gasteiger partial charge in [0.25, 0.3) is 15.9 Å². The zero-order valence-electron chi connectivity index (χ0n) is 28.2. The smallest absolute Gasteiger partial charge is 0.261 e. The minimum Gasteiger partial charge on any atom is -0.488 e. The third-order valence-electron chi connectivity index (χ3n) is 8.66. The van der Waals surface area contributed by atoms with Crippen LogP contribution in [0.5, 0.6) is 5.75 Å². The molecule has 0 saturated heterocycles. The molecule has 0 aromatic heterocycles. The second kappa shape index (κ2) is 15.7. The summed E-state index contributed by atoms with van der Waals surface area (Å²) in [4.78, 5) is 30.0. The van der Waals surface area contributed by atoms with Crippen molar-refractivity contribution >= 4 is 38.9 Å². The standard InChI is InChI=1S/C37H42FN5O6S/c1-24-20-43(25(2)23-44)36(45)19-28-18-30(41-50(47,48)31-15-12-29(38)13-16-31)14-17-34(28)49-35(24)22-42(3)21-26-8-10-27(11-9-26)37(46)40-33-7-5-4-6-32(33)39/h4-18,24-25,35,41,44H,19-23,39H2,1-3H3,(H,40,46)/t24-,25-,35-/m0/s1. The first kappa shape index (κ1) is 36.3. The number of fused-ring (bicyclic) bond motifs is 1. The number of nitrogen functional groups attached to an aromatic ring is 1. The molecule has 3 atom stereocenters. The average Bonchev–Trinajstić information content (AvgIpc) is 3.12. The number of likely N-dealkylation sites (N-methyl/N-ethyl adjacent to an activating group) is 1. The van der Waals surface area contributed by atoms with Crippen LogP contribution >= 0.6 is 0 Å². The normalized spacial score (nSPS) is 17.2. The molecule has 0 saturated carbocycles. The molecule has 1 heterocycles. The van der Waals surface area contributed by atoms with Crippen molar-refractivity contribution in [2.75, 3.05) is 42.5 Å². The van der Waals surface area contributed by atoms with Crippen LogP contribution in [0, 0.1) is 11.7 Å². The molecule has 4 aromatic rings. The summed E-state index contributed by atoms with van der Waals surface area (Å²) in [6.45, 7) is 4.91. The van der Waals surface area contributed by atoms with Gasteiger partial charge in [-0.25, -0.2) is 12.8 Å². The number of sulfonamides is 1. The first-order valence-corrected chi connectivity index (χ1v) is 17.7. The van der Waals surface area contributed by atoms with Crippen molar-refractivity contribution in [2.45, 2.75) is 43.9 Å². The van der Waals surface area contributed by atoms with E-state index in [1.54, 1.807) is 66.4 Å². The molecule has 4 aromatic carbocycles. The summed E-state index contributed by atoms with van der Waals surface area (Å²) in [5.41, 5.74) is 9.15. The van der Waals surface area contributed by atoms with E-state index in [1.807, 2.05) is 26.1 Å². The lowest BCUT2D eigenvalue weighted by atomic mass is 10.0. The van der Waals surface area contributed by atoms with Crippen molar-refractivity contribution in [3.63, 3.8) is 0 Å². The van der Waals surface area contributed by atoms with E-state index in [1.165, 1.54) is 12.1 Å². The first-order chi connectivity index (χ1) is 23.8. The summed E-state index contributed by atoms with van der Waals surface area (Å²) in [7, 11) is -2.08. The minimum atomic E-state index is -4.03. The van der Waals surface area contributed by atoms with Gasteiger partial charge < -0.3 is 25.8 Å². The maximum absolute atomic E-state index is 13.6. The van der Waals surface area contributed by atoms with Crippen LogP contribution in [-0.2, 0) is 27.8 Å². The van der Waals surface area contributed by atoms with E-state index in [0.29, 0.717) is 47.9 Å². The molecule has 0 fully saturated rings. The van der Waals surface area contributed by atoms with Gasteiger partial charge in [-0.1, -0.05) is 31.2 Å². The van der Waals surface area contributed by atoms with Crippen LogP contribution in [0.3, 0.4) is 0 Å². The molecule has 1 aliphatic heterocycles. The number of nitrogens with zero attached hydrogens (tertiary/aromatic N) is 2. The first-order valence-electron chi connectivity index (χ1n) is 16.2. The highest BCUT2D eigenvalue weighted by Gasteiger charge is 2.31. The fourth-order valence-electron chi connectivity index (χ4n) is 5.79. The number of aliphatic hydroxyl groups excluding tert-OH is 1. The van der Waals surface area contributed by atoms with Gasteiger partial charge in [0.1, 0.15) is 17.7 Å². The summed E-state index contributed by atoms with van der Waals surface area (Å²) >= 11 is 0. The Labute approximate surface area is 291 Å². The van der Waals surface area contributed by atoms with Gasteiger partial charge in [-0.15, -0.1) is 0 Å². The van der Waals surface area contributed by atoms with E-state index in [4.69, 9.17) is 10.5 Å². The van der Waals surface area contributed by atoms with Crippen molar-refractivity contribution in [3.8, 4) is 5.75 Å². The zero-order chi connectivity index (χ0) is 36.0. The number of amides is 2. The number of hydrogen-bond donors (Lipinski definition) is 4. The fraction of sp³-hybridized carbons (Fsp3) is 0.297. The topological polar surface area (TPSA) is 154 Å². The molecule has 0 unspecified atom stereocenters. The van der Waals surface area contributed by atoms with Crippen molar-refractivity contribution in [2.24, 2.45) is 5.92 Å². The van der Waals surface area contributed by atoms with Crippen LogP contribution in [0.1, 0.15) is 35.3 Å². The van der Waals surface area contributed by atoms with Gasteiger partial charge in [-0.05, 0) is 86.3 Å². The van der Waals surface area contributed by atoms with Crippen LogP contribution in [0.25, 0.3) is 0 Å². The monoisotopic (exact) mass is 703 g/mol. The van der Waals surface area contributed by atoms with Crippen molar-refractivity contribution in [1.82, 2.24) is 9.80 Å². The van der Waals surface area contributed by atoms with E-state index >= 15 is 0 Å². The number of nitrogens with one attached hydrogen (secondary N) is 2. The molecule has 1 aliphatic rings. The molecule has 2 amide bonds. The van der Waals surface area contributed by atoms with Gasteiger partial charge in [0.05, 0.1) is 35.3 Å². The van der Waals surface area contributed by atoms with Crippen molar-refractivity contribution in [3.05, 3.63) is 114 Å². The lowest BCUT2D eigenvalue weighted by molar-refractivity contribution is -0.134. The summed E-state index contributed by atoms with van der Waals surface area (Å²) in [6.07, 6.45) is -0.459. The predicted octanol–water partition coefficient (Wildman–Crippen LogP) is 4.74. The van der Waals surface area contributed by atoms with Gasteiger partial charge in [0.2, 0.25) is 5.91 Å². The predicted molar refractivity (Wildman–Crippen MR) is 191 cm³/mol. The van der Waals surface area contributed by atoms with Gasteiger partial charge in [0, 0.05) is 42.4 Å². The molecule has 0 aliphatic carbocycles. The Kier molecular flexibility index (Phi) is 11.4. The van der Waals surface area contributed by atoms with E-state index in [9.17, 15) is 27.5 Å². The molecule has 0 radical (unpaired) electrons. The van der Waals surface area contributed by atoms with E-state index in [-0.39, 0.29) is 47.4 Å². The number of anilines is 3. The number of ether oxygens (including phenoxy) is 1. The van der Waals surface area contributed by atoms with E-state index in [0.717, 1.165) is 17.7 Å². The Morgan fingerprint density at radius 3 is 2.46 bits per heavy atom. The van der Waals surface area contributed by atoms with E-state index < -0.39 is 21.9 Å². The lowest BCUT2D eigenvalue weighted by Gasteiger charge is -2.34. The molecule has 13 heteroatoms. The quantitative estimate of drug-likeness (QED) is 0.164. The van der Waals surface area contributed by atoms with Crippen LogP contribution in [-0.4, -0.2) is 74.0 Å². The van der Waals surface area contributed by atoms with Gasteiger partial charge in [-0.3, -0.25) is 19.2 Å². The Balaban J connectivity index is 1.33. The lowest BCUT2D eigenvalue weighted by Crippen LogP contribution is -2.47. The second-order valence-electron chi connectivity index (χ2n) is 12.7. The van der Waals surface area contributed by atoms with Crippen molar-refractivity contribution in [1.29, 1.82) is 0 Å². The zero-order valence-corrected chi connectivity index (χ0v) is 29.0. The number of carbonyl (C=O) groups is 2. The van der Waals surface area contributed by atoms with Gasteiger partial charge in [0.15, 0.2) is 0 Å². The summed E-state index contributed by atoms with van der Waals surface area (Å²) in [5.74, 6) is -0.747. The molecule has 264 valence electrons. The average molecular weight is 704 g/mol. The maximum atomic E-state index is 13.6.